The fourth-order valence-electron chi connectivity index (χ4n) is 3.22. The van der Waals surface area contributed by atoms with E-state index in [9.17, 15) is 21.6 Å². The monoisotopic (exact) mass is 499 g/mol. The van der Waals surface area contributed by atoms with Crippen LogP contribution in [0.1, 0.15) is 11.1 Å². The first kappa shape index (κ1) is 23.8. The molecule has 1 N–H and O–H groups in total. The molecule has 0 spiro atoms. The van der Waals surface area contributed by atoms with Crippen molar-refractivity contribution in [3.63, 3.8) is 0 Å². The van der Waals surface area contributed by atoms with Crippen LogP contribution in [0.2, 0.25) is 0 Å². The number of pyridine rings is 2. The minimum absolute atomic E-state index is 0.107. The van der Waals surface area contributed by atoms with Gasteiger partial charge in [-0.3, -0.25) is 14.7 Å². The van der Waals surface area contributed by atoms with Gasteiger partial charge in [-0.1, -0.05) is 24.0 Å². The Balaban J connectivity index is 1.73. The number of nitrogens with zero attached hydrogens (tertiary/aromatic N) is 2. The summed E-state index contributed by atoms with van der Waals surface area (Å²) >= 11 is 0. The third-order valence-corrected chi connectivity index (χ3v) is 6.11. The van der Waals surface area contributed by atoms with Gasteiger partial charge in [0.15, 0.2) is 0 Å². The van der Waals surface area contributed by atoms with Crippen molar-refractivity contribution in [2.45, 2.75) is 11.3 Å². The number of sulfonamides is 1. The zero-order valence-corrected chi connectivity index (χ0v) is 18.8. The SMILES string of the molecule is COc1ccncc1C#Cc1ccccc1NS(=O)(=O)c1ccc(OC(F)(F)F)c2cccnc12. The molecular formula is C24H16F3N3O4S. The van der Waals surface area contributed by atoms with Crippen LogP contribution in [0.25, 0.3) is 10.9 Å². The normalized spacial score (nSPS) is 11.4. The van der Waals surface area contributed by atoms with Gasteiger partial charge in [-0.15, -0.1) is 13.2 Å². The molecule has 2 heterocycles. The summed E-state index contributed by atoms with van der Waals surface area (Å²) in [4.78, 5) is 7.67. The molecule has 0 saturated heterocycles. The Morgan fingerprint density at radius 1 is 0.914 bits per heavy atom. The van der Waals surface area contributed by atoms with Crippen molar-refractivity contribution < 1.29 is 31.1 Å². The number of nitrogens with one attached hydrogen (secondary N) is 1. The molecule has 2 aromatic heterocycles. The molecule has 4 aromatic rings. The first-order chi connectivity index (χ1) is 16.7. The summed E-state index contributed by atoms with van der Waals surface area (Å²) in [5.41, 5.74) is 0.854. The molecule has 0 fully saturated rings. The molecular weight excluding hydrogens is 483 g/mol. The molecule has 0 aliphatic heterocycles. The van der Waals surface area contributed by atoms with Gasteiger partial charge in [-0.2, -0.15) is 0 Å². The Hall–Kier alpha value is -4.30. The molecule has 0 atom stereocenters. The molecule has 0 amide bonds. The maximum atomic E-state index is 13.2. The van der Waals surface area contributed by atoms with E-state index in [1.165, 1.54) is 37.7 Å². The topological polar surface area (TPSA) is 90.4 Å². The highest BCUT2D eigenvalue weighted by Crippen LogP contribution is 2.34. The highest BCUT2D eigenvalue weighted by Gasteiger charge is 2.32. The van der Waals surface area contributed by atoms with E-state index in [4.69, 9.17) is 4.74 Å². The second-order valence-electron chi connectivity index (χ2n) is 6.99. The van der Waals surface area contributed by atoms with Gasteiger partial charge in [0.05, 0.1) is 23.9 Å². The van der Waals surface area contributed by atoms with Crippen LogP contribution in [0.5, 0.6) is 11.5 Å². The third-order valence-electron chi connectivity index (χ3n) is 4.71. The zero-order chi connectivity index (χ0) is 25.1. The first-order valence-electron chi connectivity index (χ1n) is 9.93. The fourth-order valence-corrected chi connectivity index (χ4v) is 4.46. The lowest BCUT2D eigenvalue weighted by molar-refractivity contribution is -0.274. The summed E-state index contributed by atoms with van der Waals surface area (Å²) in [5, 5.41) is -0.107. The maximum absolute atomic E-state index is 13.2. The molecule has 2 aromatic carbocycles. The number of alkyl halides is 3. The number of fused-ring (bicyclic) bond motifs is 1. The van der Waals surface area contributed by atoms with Crippen molar-refractivity contribution in [3.8, 4) is 23.3 Å². The van der Waals surface area contributed by atoms with Crippen LogP contribution in [-0.2, 0) is 10.0 Å². The van der Waals surface area contributed by atoms with E-state index in [2.05, 4.69) is 31.3 Å². The average molecular weight is 499 g/mol. The second kappa shape index (κ2) is 9.52. The van der Waals surface area contributed by atoms with Crippen molar-refractivity contribution in [3.05, 3.63) is 84.3 Å². The Labute approximate surface area is 198 Å². The van der Waals surface area contributed by atoms with Crippen LogP contribution < -0.4 is 14.2 Å². The number of methoxy groups -OCH3 is 1. The summed E-state index contributed by atoms with van der Waals surface area (Å²) in [6.07, 6.45) is -0.605. The third kappa shape index (κ3) is 5.44. The standard InChI is InChI=1S/C24H16F3N3O4S/c1-33-20-12-14-28-15-17(20)9-8-16-5-2-3-7-19(16)30-35(31,32)22-11-10-21(34-24(25,26)27)18-6-4-13-29-23(18)22/h2-7,10-15,30H,1H3. The number of rotatable bonds is 5. The lowest BCUT2D eigenvalue weighted by Gasteiger charge is -2.14. The predicted molar refractivity (Wildman–Crippen MR) is 122 cm³/mol. The van der Waals surface area contributed by atoms with Crippen molar-refractivity contribution in [1.29, 1.82) is 0 Å². The Kier molecular flexibility index (Phi) is 6.48. The lowest BCUT2D eigenvalue weighted by Crippen LogP contribution is -2.18. The summed E-state index contributed by atoms with van der Waals surface area (Å²) in [5.74, 6) is 5.74. The molecule has 7 nitrogen and oxygen atoms in total. The van der Waals surface area contributed by atoms with Crippen LogP contribution in [-0.4, -0.2) is 31.9 Å². The van der Waals surface area contributed by atoms with Crippen molar-refractivity contribution >= 4 is 26.6 Å². The largest absolute Gasteiger partial charge is 0.573 e. The van der Waals surface area contributed by atoms with E-state index in [-0.39, 0.29) is 21.5 Å². The van der Waals surface area contributed by atoms with Crippen LogP contribution in [0.15, 0.2) is 78.1 Å². The van der Waals surface area contributed by atoms with E-state index in [0.29, 0.717) is 16.9 Å². The molecule has 0 saturated carbocycles. The minimum atomic E-state index is -4.95. The van der Waals surface area contributed by atoms with Crippen LogP contribution in [0.4, 0.5) is 18.9 Å². The number of aromatic nitrogens is 2. The van der Waals surface area contributed by atoms with Gasteiger partial charge in [0.25, 0.3) is 10.0 Å². The smallest absolute Gasteiger partial charge is 0.495 e. The zero-order valence-electron chi connectivity index (χ0n) is 18.0. The van der Waals surface area contributed by atoms with Gasteiger partial charge < -0.3 is 9.47 Å². The van der Waals surface area contributed by atoms with Crippen LogP contribution >= 0.6 is 0 Å². The van der Waals surface area contributed by atoms with Gasteiger partial charge in [0.1, 0.15) is 16.4 Å². The van der Waals surface area contributed by atoms with Gasteiger partial charge in [0, 0.05) is 29.5 Å². The summed E-state index contributed by atoms with van der Waals surface area (Å²) in [7, 11) is -2.78. The number of anilines is 1. The molecule has 35 heavy (non-hydrogen) atoms. The van der Waals surface area contributed by atoms with Crippen molar-refractivity contribution in [2.24, 2.45) is 0 Å². The molecule has 178 valence electrons. The highest BCUT2D eigenvalue weighted by atomic mass is 32.2. The number of hydrogen-bond donors (Lipinski definition) is 1. The van der Waals surface area contributed by atoms with E-state index in [0.717, 1.165) is 12.1 Å². The summed E-state index contributed by atoms with van der Waals surface area (Å²) in [6, 6.07) is 12.7. The quantitative estimate of drug-likeness (QED) is 0.399. The maximum Gasteiger partial charge on any atom is 0.573 e. The van der Waals surface area contributed by atoms with Crippen LogP contribution in [0.3, 0.4) is 0 Å². The Morgan fingerprint density at radius 2 is 1.69 bits per heavy atom. The second-order valence-corrected chi connectivity index (χ2v) is 8.64. The number of halogens is 3. The van der Waals surface area contributed by atoms with Crippen LogP contribution in [0, 0.1) is 11.8 Å². The fraction of sp³-hybridized carbons (Fsp3) is 0.0833. The van der Waals surface area contributed by atoms with E-state index in [1.54, 1.807) is 30.5 Å². The van der Waals surface area contributed by atoms with Crippen molar-refractivity contribution in [1.82, 2.24) is 9.97 Å². The van der Waals surface area contributed by atoms with E-state index < -0.39 is 22.1 Å². The van der Waals surface area contributed by atoms with Gasteiger partial charge in [0.2, 0.25) is 0 Å². The summed E-state index contributed by atoms with van der Waals surface area (Å²) in [6.45, 7) is 0. The number of para-hydroxylation sites is 1. The lowest BCUT2D eigenvalue weighted by atomic mass is 10.1. The molecule has 0 radical (unpaired) electrons. The Morgan fingerprint density at radius 3 is 2.46 bits per heavy atom. The number of ether oxygens (including phenoxy) is 2. The highest BCUT2D eigenvalue weighted by molar-refractivity contribution is 7.93. The summed E-state index contributed by atoms with van der Waals surface area (Å²) < 4.78 is 76.5. The molecule has 0 bridgehead atoms. The number of hydrogen-bond acceptors (Lipinski definition) is 6. The van der Waals surface area contributed by atoms with E-state index in [1.807, 2.05) is 0 Å². The van der Waals surface area contributed by atoms with Gasteiger partial charge >= 0.3 is 6.36 Å². The van der Waals surface area contributed by atoms with Gasteiger partial charge in [-0.25, -0.2) is 8.42 Å². The molecule has 4 rings (SSSR count). The molecule has 11 heteroatoms. The minimum Gasteiger partial charge on any atom is -0.495 e. The Bertz CT molecular complexity index is 1560. The molecule has 0 aliphatic carbocycles. The first-order valence-corrected chi connectivity index (χ1v) is 11.4. The van der Waals surface area contributed by atoms with E-state index >= 15 is 0 Å². The molecule has 0 aliphatic rings. The van der Waals surface area contributed by atoms with Gasteiger partial charge in [-0.05, 0) is 42.5 Å². The predicted octanol–water partition coefficient (Wildman–Crippen LogP) is 4.74. The average Bonchev–Trinajstić information content (AvgIpc) is 2.82. The molecule has 0 unspecified atom stereocenters. The number of benzene rings is 2. The van der Waals surface area contributed by atoms with Crippen molar-refractivity contribution in [2.75, 3.05) is 11.8 Å².